The van der Waals surface area contributed by atoms with E-state index in [9.17, 15) is 4.79 Å². The van der Waals surface area contributed by atoms with E-state index in [0.29, 0.717) is 13.1 Å². The van der Waals surface area contributed by atoms with Crippen molar-refractivity contribution in [3.8, 4) is 5.75 Å². The van der Waals surface area contributed by atoms with Crippen LogP contribution in [0.25, 0.3) is 11.0 Å². The Morgan fingerprint density at radius 3 is 2.74 bits per heavy atom. The third kappa shape index (κ3) is 3.67. The molecule has 1 aliphatic heterocycles. The fourth-order valence-electron chi connectivity index (χ4n) is 3.28. The third-order valence-corrected chi connectivity index (χ3v) is 4.81. The number of methoxy groups -OCH3 is 1. The second-order valence-corrected chi connectivity index (χ2v) is 6.72. The summed E-state index contributed by atoms with van der Waals surface area (Å²) in [6.45, 7) is 4.84. The molecular formula is C20H23N5O2. The second kappa shape index (κ2) is 7.19. The molecular weight excluding hydrogens is 342 g/mol. The van der Waals surface area contributed by atoms with Gasteiger partial charge < -0.3 is 24.8 Å². The molecule has 0 saturated carbocycles. The predicted molar refractivity (Wildman–Crippen MR) is 107 cm³/mol. The molecule has 0 radical (unpaired) electrons. The molecule has 2 aromatic carbocycles. The van der Waals surface area contributed by atoms with Crippen molar-refractivity contribution in [2.45, 2.75) is 6.92 Å². The molecule has 27 heavy (non-hydrogen) atoms. The Balaban J connectivity index is 1.38. The molecule has 3 aromatic rings. The van der Waals surface area contributed by atoms with Crippen LogP contribution in [0.1, 0.15) is 5.56 Å². The minimum atomic E-state index is -0.0943. The number of urea groups is 1. The number of benzene rings is 2. The monoisotopic (exact) mass is 365 g/mol. The van der Waals surface area contributed by atoms with Crippen LogP contribution in [0.5, 0.6) is 5.75 Å². The number of aryl methyl sites for hydroxylation is 1. The van der Waals surface area contributed by atoms with Crippen LogP contribution in [0, 0.1) is 6.92 Å². The minimum absolute atomic E-state index is 0.0943. The maximum Gasteiger partial charge on any atom is 0.321 e. The maximum atomic E-state index is 12.5. The van der Waals surface area contributed by atoms with Crippen LogP contribution in [0.3, 0.4) is 0 Å². The zero-order valence-electron chi connectivity index (χ0n) is 15.5. The summed E-state index contributed by atoms with van der Waals surface area (Å²) in [7, 11) is 1.61. The van der Waals surface area contributed by atoms with Crippen LogP contribution >= 0.6 is 0 Å². The fourth-order valence-corrected chi connectivity index (χ4v) is 3.28. The van der Waals surface area contributed by atoms with Crippen molar-refractivity contribution in [2.75, 3.05) is 43.5 Å². The van der Waals surface area contributed by atoms with Crippen LogP contribution in [-0.4, -0.2) is 54.2 Å². The number of nitrogens with one attached hydrogen (secondary N) is 2. The summed E-state index contributed by atoms with van der Waals surface area (Å²) in [5.41, 5.74) is 3.95. The van der Waals surface area contributed by atoms with Crippen molar-refractivity contribution in [3.05, 3.63) is 48.0 Å². The van der Waals surface area contributed by atoms with Gasteiger partial charge in [0.25, 0.3) is 0 Å². The normalized spacial score (nSPS) is 14.4. The van der Waals surface area contributed by atoms with Crippen LogP contribution in [0.4, 0.5) is 16.4 Å². The average molecular weight is 365 g/mol. The lowest BCUT2D eigenvalue weighted by Crippen LogP contribution is -2.50. The SMILES string of the molecule is COc1cccc(NC(=O)N2CCN(c3nc4ccc(C)cc4[nH]3)CC2)c1. The van der Waals surface area contributed by atoms with Gasteiger partial charge in [-0.25, -0.2) is 9.78 Å². The predicted octanol–water partition coefficient (Wildman–Crippen LogP) is 3.23. The molecule has 0 atom stereocenters. The van der Waals surface area contributed by atoms with E-state index in [0.717, 1.165) is 41.5 Å². The quantitative estimate of drug-likeness (QED) is 0.747. The lowest BCUT2D eigenvalue weighted by molar-refractivity contribution is 0.208. The molecule has 1 aromatic heterocycles. The third-order valence-electron chi connectivity index (χ3n) is 4.81. The number of ether oxygens (including phenoxy) is 1. The van der Waals surface area contributed by atoms with Crippen molar-refractivity contribution in [1.82, 2.24) is 14.9 Å². The van der Waals surface area contributed by atoms with Gasteiger partial charge in [-0.2, -0.15) is 0 Å². The topological polar surface area (TPSA) is 73.5 Å². The number of hydrogen-bond acceptors (Lipinski definition) is 4. The molecule has 1 saturated heterocycles. The highest BCUT2D eigenvalue weighted by Crippen LogP contribution is 2.21. The number of carbonyl (C=O) groups excluding carboxylic acids is 1. The molecule has 7 heteroatoms. The van der Waals surface area contributed by atoms with Gasteiger partial charge in [-0.15, -0.1) is 0 Å². The maximum absolute atomic E-state index is 12.5. The van der Waals surface area contributed by atoms with E-state index in [1.807, 2.05) is 35.2 Å². The molecule has 0 bridgehead atoms. The van der Waals surface area contributed by atoms with E-state index in [4.69, 9.17) is 4.74 Å². The summed E-state index contributed by atoms with van der Waals surface area (Å²) in [6.07, 6.45) is 0. The molecule has 2 N–H and O–H groups in total. The van der Waals surface area contributed by atoms with Crippen molar-refractivity contribution in [2.24, 2.45) is 0 Å². The fraction of sp³-hybridized carbons (Fsp3) is 0.300. The number of aromatic nitrogens is 2. The summed E-state index contributed by atoms with van der Waals surface area (Å²) in [6, 6.07) is 13.5. The van der Waals surface area contributed by atoms with Crippen molar-refractivity contribution >= 4 is 28.7 Å². The number of amides is 2. The Hall–Kier alpha value is -3.22. The number of rotatable bonds is 3. The highest BCUT2D eigenvalue weighted by molar-refractivity contribution is 5.89. The summed E-state index contributed by atoms with van der Waals surface area (Å²) in [4.78, 5) is 24.6. The largest absolute Gasteiger partial charge is 0.497 e. The first kappa shape index (κ1) is 17.2. The van der Waals surface area contributed by atoms with Crippen molar-refractivity contribution in [1.29, 1.82) is 0 Å². The van der Waals surface area contributed by atoms with Crippen LogP contribution in [-0.2, 0) is 0 Å². The number of imidazole rings is 1. The van der Waals surface area contributed by atoms with Gasteiger partial charge in [0.1, 0.15) is 5.75 Å². The van der Waals surface area contributed by atoms with Gasteiger partial charge in [-0.1, -0.05) is 12.1 Å². The minimum Gasteiger partial charge on any atom is -0.497 e. The lowest BCUT2D eigenvalue weighted by Gasteiger charge is -2.34. The van der Waals surface area contributed by atoms with Crippen molar-refractivity contribution in [3.63, 3.8) is 0 Å². The first-order chi connectivity index (χ1) is 13.1. The molecule has 0 aliphatic carbocycles. The van der Waals surface area contributed by atoms with E-state index in [1.54, 1.807) is 7.11 Å². The molecule has 0 unspecified atom stereocenters. The standard InChI is InChI=1S/C20H23N5O2/c1-14-6-7-17-18(12-14)23-19(22-17)24-8-10-25(11-9-24)20(26)21-15-4-3-5-16(13-15)27-2/h3-7,12-13H,8-11H2,1-2H3,(H,21,26)(H,22,23). The Morgan fingerprint density at radius 2 is 1.96 bits per heavy atom. The zero-order chi connectivity index (χ0) is 18.8. The summed E-state index contributed by atoms with van der Waals surface area (Å²) in [5, 5.41) is 2.93. The van der Waals surface area contributed by atoms with E-state index < -0.39 is 0 Å². The Labute approximate surface area is 157 Å². The Kier molecular flexibility index (Phi) is 4.58. The summed E-state index contributed by atoms with van der Waals surface area (Å²) < 4.78 is 5.20. The molecule has 0 spiro atoms. The molecule has 4 rings (SSSR count). The molecule has 2 heterocycles. The molecule has 7 nitrogen and oxygen atoms in total. The van der Waals surface area contributed by atoms with E-state index in [2.05, 4.69) is 39.2 Å². The number of H-pyrrole nitrogens is 1. The van der Waals surface area contributed by atoms with Gasteiger partial charge in [-0.3, -0.25) is 0 Å². The Morgan fingerprint density at radius 1 is 1.15 bits per heavy atom. The van der Waals surface area contributed by atoms with E-state index >= 15 is 0 Å². The number of aromatic amines is 1. The van der Waals surface area contributed by atoms with Crippen LogP contribution in [0.2, 0.25) is 0 Å². The number of piperazine rings is 1. The average Bonchev–Trinajstić information content (AvgIpc) is 3.11. The number of fused-ring (bicyclic) bond motifs is 1. The summed E-state index contributed by atoms with van der Waals surface area (Å²) in [5.74, 6) is 1.58. The van der Waals surface area contributed by atoms with Crippen LogP contribution in [0.15, 0.2) is 42.5 Å². The van der Waals surface area contributed by atoms with Gasteiger partial charge in [0.15, 0.2) is 0 Å². The first-order valence-electron chi connectivity index (χ1n) is 9.04. The highest BCUT2D eigenvalue weighted by atomic mass is 16.5. The van der Waals surface area contributed by atoms with Crippen molar-refractivity contribution < 1.29 is 9.53 Å². The second-order valence-electron chi connectivity index (χ2n) is 6.72. The van der Waals surface area contributed by atoms with Gasteiger partial charge in [0.05, 0.1) is 18.1 Å². The number of nitrogens with zero attached hydrogens (tertiary/aromatic N) is 3. The molecule has 1 aliphatic rings. The number of hydrogen-bond donors (Lipinski definition) is 2. The van der Waals surface area contributed by atoms with E-state index in [-0.39, 0.29) is 6.03 Å². The van der Waals surface area contributed by atoms with Gasteiger partial charge >= 0.3 is 6.03 Å². The van der Waals surface area contributed by atoms with Gasteiger partial charge in [0, 0.05) is 37.9 Å². The molecule has 2 amide bonds. The highest BCUT2D eigenvalue weighted by Gasteiger charge is 2.23. The first-order valence-corrected chi connectivity index (χ1v) is 9.04. The number of carbonyl (C=O) groups is 1. The van der Waals surface area contributed by atoms with Crippen LogP contribution < -0.4 is 15.0 Å². The Bertz CT molecular complexity index is 960. The zero-order valence-corrected chi connectivity index (χ0v) is 15.5. The summed E-state index contributed by atoms with van der Waals surface area (Å²) >= 11 is 0. The number of anilines is 2. The molecule has 140 valence electrons. The smallest absolute Gasteiger partial charge is 0.321 e. The van der Waals surface area contributed by atoms with Gasteiger partial charge in [-0.05, 0) is 36.8 Å². The van der Waals surface area contributed by atoms with Gasteiger partial charge in [0.2, 0.25) is 5.95 Å². The van der Waals surface area contributed by atoms with E-state index in [1.165, 1.54) is 5.56 Å². The molecule has 1 fully saturated rings. The lowest BCUT2D eigenvalue weighted by atomic mass is 10.2.